The van der Waals surface area contributed by atoms with Gasteiger partial charge in [0.15, 0.2) is 0 Å². The molecule has 92 valence electrons. The number of hydrogen-bond donors (Lipinski definition) is 1. The van der Waals surface area contributed by atoms with E-state index >= 15 is 0 Å². The molecule has 0 aliphatic heterocycles. The Balaban J connectivity index is 2.56. The summed E-state index contributed by atoms with van der Waals surface area (Å²) in [6, 6.07) is 3.75. The van der Waals surface area contributed by atoms with E-state index in [1.54, 1.807) is 12.5 Å². The molecule has 4 nitrogen and oxygen atoms in total. The van der Waals surface area contributed by atoms with Crippen LogP contribution in [0.3, 0.4) is 0 Å². The Morgan fingerprint density at radius 1 is 1.44 bits per heavy atom. The molecule has 0 fully saturated rings. The number of thiophene rings is 1. The van der Waals surface area contributed by atoms with Crippen LogP contribution in [0.1, 0.15) is 9.67 Å². The molecule has 0 saturated heterocycles. The van der Waals surface area contributed by atoms with Gasteiger partial charge in [0.25, 0.3) is 5.91 Å². The monoisotopic (exact) mass is 296 g/mol. The zero-order valence-corrected chi connectivity index (χ0v) is 11.7. The van der Waals surface area contributed by atoms with Crippen LogP contribution >= 0.6 is 22.9 Å². The van der Waals surface area contributed by atoms with Gasteiger partial charge in [0, 0.05) is 28.6 Å². The minimum Gasteiger partial charge on any atom is -0.365 e. The van der Waals surface area contributed by atoms with E-state index in [2.05, 4.69) is 4.37 Å². The van der Waals surface area contributed by atoms with Gasteiger partial charge in [-0.15, -0.1) is 11.3 Å². The van der Waals surface area contributed by atoms with Crippen molar-refractivity contribution in [3.05, 3.63) is 23.2 Å². The molecule has 0 saturated carbocycles. The van der Waals surface area contributed by atoms with Crippen LogP contribution < -0.4 is 5.73 Å². The lowest BCUT2D eigenvalue weighted by Crippen LogP contribution is -2.08. The maximum absolute atomic E-state index is 11.8. The van der Waals surface area contributed by atoms with Crippen LogP contribution in [-0.4, -0.2) is 20.7 Å². The Labute approximate surface area is 113 Å². The van der Waals surface area contributed by atoms with Gasteiger partial charge in [0.2, 0.25) is 0 Å². The van der Waals surface area contributed by atoms with Crippen molar-refractivity contribution < 1.29 is 9.00 Å². The van der Waals surface area contributed by atoms with Crippen LogP contribution in [0.15, 0.2) is 22.5 Å². The molecular formula is C11H8N2O2S3. The molecule has 1 amide bonds. The third kappa shape index (κ3) is 1.58. The Bertz CT molecular complexity index is 803. The van der Waals surface area contributed by atoms with Crippen LogP contribution in [0.2, 0.25) is 0 Å². The molecule has 2 heterocycles. The van der Waals surface area contributed by atoms with Gasteiger partial charge < -0.3 is 5.73 Å². The first-order valence-electron chi connectivity index (χ1n) is 5.02. The number of primary amides is 1. The lowest BCUT2D eigenvalue weighted by Gasteiger charge is -1.96. The average Bonchev–Trinajstić information content (AvgIpc) is 2.91. The maximum atomic E-state index is 11.8. The molecule has 0 radical (unpaired) electrons. The predicted octanol–water partition coefficient (Wildman–Crippen LogP) is 2.35. The van der Waals surface area contributed by atoms with Crippen LogP contribution in [0.25, 0.3) is 20.9 Å². The van der Waals surface area contributed by atoms with E-state index in [9.17, 15) is 9.00 Å². The van der Waals surface area contributed by atoms with Gasteiger partial charge in [0.05, 0.1) is 15.5 Å². The van der Waals surface area contributed by atoms with Crippen molar-refractivity contribution in [2.75, 3.05) is 6.26 Å². The Hall–Kier alpha value is -1.31. The quantitative estimate of drug-likeness (QED) is 0.789. The fourth-order valence-electron chi connectivity index (χ4n) is 1.91. The highest BCUT2D eigenvalue weighted by molar-refractivity contribution is 7.87. The molecular weight excluding hydrogens is 288 g/mol. The maximum Gasteiger partial charge on any atom is 0.259 e. The number of amides is 1. The average molecular weight is 296 g/mol. The highest BCUT2D eigenvalue weighted by Gasteiger charge is 2.19. The summed E-state index contributed by atoms with van der Waals surface area (Å²) in [5.41, 5.74) is 5.37. The second-order valence-corrected chi connectivity index (χ2v) is 7.17. The molecule has 0 spiro atoms. The summed E-state index contributed by atoms with van der Waals surface area (Å²) in [7, 11) is -1.15. The SMILES string of the molecule is C[S@](=O)c1sc(C(N)=O)c2ccc3cnsc3c12. The van der Waals surface area contributed by atoms with Crippen molar-refractivity contribution in [3.8, 4) is 0 Å². The lowest BCUT2D eigenvalue weighted by atomic mass is 10.1. The van der Waals surface area contributed by atoms with Gasteiger partial charge in [-0.3, -0.25) is 9.00 Å². The van der Waals surface area contributed by atoms with Gasteiger partial charge in [0.1, 0.15) is 9.09 Å². The fraction of sp³-hybridized carbons (Fsp3) is 0.0909. The van der Waals surface area contributed by atoms with E-state index in [1.807, 2.05) is 12.1 Å². The Morgan fingerprint density at radius 3 is 2.89 bits per heavy atom. The molecule has 0 unspecified atom stereocenters. The smallest absolute Gasteiger partial charge is 0.259 e. The number of fused-ring (bicyclic) bond motifs is 3. The summed E-state index contributed by atoms with van der Waals surface area (Å²) in [6.45, 7) is 0. The highest BCUT2D eigenvalue weighted by atomic mass is 32.2. The normalized spacial score (nSPS) is 13.2. The van der Waals surface area contributed by atoms with Crippen molar-refractivity contribution >= 4 is 60.4 Å². The lowest BCUT2D eigenvalue weighted by molar-refractivity contribution is 0.101. The van der Waals surface area contributed by atoms with Gasteiger partial charge in [-0.05, 0) is 11.5 Å². The second kappa shape index (κ2) is 4.11. The summed E-state index contributed by atoms with van der Waals surface area (Å²) in [6.07, 6.45) is 3.37. The molecule has 2 aromatic heterocycles. The van der Waals surface area contributed by atoms with Crippen LogP contribution in [0.5, 0.6) is 0 Å². The molecule has 18 heavy (non-hydrogen) atoms. The molecule has 0 aliphatic rings. The van der Waals surface area contributed by atoms with E-state index < -0.39 is 16.7 Å². The minimum atomic E-state index is -1.15. The van der Waals surface area contributed by atoms with Crippen LogP contribution in [0.4, 0.5) is 0 Å². The van der Waals surface area contributed by atoms with Gasteiger partial charge in [-0.2, -0.15) is 4.37 Å². The fourth-order valence-corrected chi connectivity index (χ4v) is 4.94. The zero-order chi connectivity index (χ0) is 12.9. The van der Waals surface area contributed by atoms with E-state index in [0.717, 1.165) is 20.9 Å². The van der Waals surface area contributed by atoms with Gasteiger partial charge in [-0.25, -0.2) is 0 Å². The topological polar surface area (TPSA) is 73.1 Å². The number of rotatable bonds is 2. The number of nitrogens with two attached hydrogens (primary N) is 1. The molecule has 7 heteroatoms. The van der Waals surface area contributed by atoms with Crippen molar-refractivity contribution in [1.29, 1.82) is 0 Å². The zero-order valence-electron chi connectivity index (χ0n) is 9.30. The summed E-state index contributed by atoms with van der Waals surface area (Å²) in [5.74, 6) is -0.481. The largest absolute Gasteiger partial charge is 0.365 e. The van der Waals surface area contributed by atoms with Crippen LogP contribution in [0, 0.1) is 0 Å². The van der Waals surface area contributed by atoms with Gasteiger partial charge >= 0.3 is 0 Å². The van der Waals surface area contributed by atoms with Crippen LogP contribution in [-0.2, 0) is 10.8 Å². The third-order valence-corrected chi connectivity index (χ3v) is 6.18. The number of carbonyl (C=O) groups is 1. The first-order chi connectivity index (χ1) is 8.59. The minimum absolute atomic E-state index is 0.463. The highest BCUT2D eigenvalue weighted by Crippen LogP contribution is 2.39. The number of hydrogen-bond acceptors (Lipinski definition) is 5. The van der Waals surface area contributed by atoms with Crippen molar-refractivity contribution in [3.63, 3.8) is 0 Å². The first-order valence-corrected chi connectivity index (χ1v) is 8.17. The summed E-state index contributed by atoms with van der Waals surface area (Å²) >= 11 is 2.55. The second-order valence-electron chi connectivity index (χ2n) is 3.77. The number of aromatic nitrogens is 1. The van der Waals surface area contributed by atoms with E-state index in [1.165, 1.54) is 22.9 Å². The summed E-state index contributed by atoms with van der Waals surface area (Å²) < 4.78 is 17.6. The van der Waals surface area contributed by atoms with E-state index in [0.29, 0.717) is 9.09 Å². The third-order valence-electron chi connectivity index (χ3n) is 2.65. The molecule has 3 rings (SSSR count). The molecule has 3 aromatic rings. The number of nitrogens with zero attached hydrogens (tertiary/aromatic N) is 1. The van der Waals surface area contributed by atoms with Crippen molar-refractivity contribution in [2.24, 2.45) is 5.73 Å². The molecule has 1 aromatic carbocycles. The molecule has 2 N–H and O–H groups in total. The molecule has 1 atom stereocenters. The Kier molecular flexibility index (Phi) is 2.69. The summed E-state index contributed by atoms with van der Waals surface area (Å²) in [5, 5.41) is 2.62. The molecule has 0 bridgehead atoms. The molecule has 0 aliphatic carbocycles. The first kappa shape index (κ1) is 11.8. The summed E-state index contributed by atoms with van der Waals surface area (Å²) in [4.78, 5) is 11.9. The number of benzene rings is 1. The predicted molar refractivity (Wildman–Crippen MR) is 75.9 cm³/mol. The standard InChI is InChI=1S/C11H8N2O2S3/c1-18(15)11-7-6(9(16-11)10(12)14)3-2-5-4-13-17-8(5)7/h2-4H,1H3,(H2,12,14)/t18-/m0/s1. The van der Waals surface area contributed by atoms with Crippen molar-refractivity contribution in [2.45, 2.75) is 4.21 Å². The van der Waals surface area contributed by atoms with E-state index in [4.69, 9.17) is 5.73 Å². The van der Waals surface area contributed by atoms with Crippen molar-refractivity contribution in [1.82, 2.24) is 4.37 Å². The van der Waals surface area contributed by atoms with Gasteiger partial charge in [-0.1, -0.05) is 12.1 Å². The van der Waals surface area contributed by atoms with E-state index in [-0.39, 0.29) is 0 Å². The number of carbonyl (C=O) groups excluding carboxylic acids is 1. The Morgan fingerprint density at radius 2 is 2.22 bits per heavy atom.